The minimum absolute atomic E-state index is 0. The second-order valence-corrected chi connectivity index (χ2v) is 3.67. The highest BCUT2D eigenvalue weighted by Crippen LogP contribution is 2.32. The zero-order valence-electron chi connectivity index (χ0n) is 9.21. The summed E-state index contributed by atoms with van der Waals surface area (Å²) in [6.45, 7) is 2.15. The van der Waals surface area contributed by atoms with E-state index in [1.807, 2.05) is 0 Å². The summed E-state index contributed by atoms with van der Waals surface area (Å²) >= 11 is 0. The molecule has 3 N–H and O–H groups in total. The fourth-order valence-electron chi connectivity index (χ4n) is 1.63. The summed E-state index contributed by atoms with van der Waals surface area (Å²) in [5.74, 6) is -3.20. The molecule has 0 heterocycles. The van der Waals surface area contributed by atoms with Gasteiger partial charge in [-0.15, -0.1) is 12.4 Å². The molecule has 0 radical (unpaired) electrons. The maximum atomic E-state index is 13.3. The molecule has 0 amide bonds. The third-order valence-electron chi connectivity index (χ3n) is 2.46. The average Bonchev–Trinajstić information content (AvgIpc) is 2.17. The highest BCUT2D eigenvalue weighted by atomic mass is 35.5. The molecule has 1 atom stereocenters. The van der Waals surface area contributed by atoms with Gasteiger partial charge in [0.2, 0.25) is 0 Å². The van der Waals surface area contributed by atoms with Gasteiger partial charge in [-0.2, -0.15) is 8.78 Å². The van der Waals surface area contributed by atoms with Gasteiger partial charge in [0, 0.05) is 11.6 Å². The molecule has 0 aliphatic heterocycles. The zero-order chi connectivity index (χ0) is 11.6. The number of alkyl halides is 2. The first-order chi connectivity index (χ1) is 6.90. The molecule has 1 rings (SSSR count). The van der Waals surface area contributed by atoms with E-state index in [0.717, 1.165) is 0 Å². The Bertz CT molecular complexity index is 356. The Hall–Kier alpha value is -0.710. The lowest BCUT2D eigenvalue weighted by Gasteiger charge is -2.19. The van der Waals surface area contributed by atoms with Crippen LogP contribution in [0.2, 0.25) is 0 Å². The summed E-state index contributed by atoms with van der Waals surface area (Å²) in [6.07, 6.45) is 0. The summed E-state index contributed by atoms with van der Waals surface area (Å²) in [6, 6.07) is 4.28. The predicted molar refractivity (Wildman–Crippen MR) is 62.0 cm³/mol. The van der Waals surface area contributed by atoms with Crippen LogP contribution in [-0.4, -0.2) is 11.7 Å². The number of hydrogen-bond donors (Lipinski definition) is 2. The molecule has 0 unspecified atom stereocenters. The van der Waals surface area contributed by atoms with Crippen molar-refractivity contribution in [2.75, 3.05) is 6.61 Å². The number of aliphatic hydroxyl groups is 1. The highest BCUT2D eigenvalue weighted by Gasteiger charge is 2.32. The predicted octanol–water partition coefficient (Wildman–Crippen LogP) is 2.52. The first kappa shape index (κ1) is 15.3. The number of nitrogens with two attached hydrogens (primary N) is 1. The molecular formula is C11H16ClF2NO. The third-order valence-corrected chi connectivity index (χ3v) is 2.46. The van der Waals surface area contributed by atoms with Gasteiger partial charge < -0.3 is 10.8 Å². The molecule has 0 spiro atoms. The van der Waals surface area contributed by atoms with Crippen molar-refractivity contribution >= 4 is 12.4 Å². The lowest BCUT2D eigenvalue weighted by Crippen LogP contribution is -2.21. The SMILES string of the molecule is Cc1c([C@@H](C)N)cccc1C(F)(F)CO.Cl. The molecule has 0 aliphatic rings. The van der Waals surface area contributed by atoms with Gasteiger partial charge >= 0.3 is 0 Å². The van der Waals surface area contributed by atoms with E-state index in [2.05, 4.69) is 0 Å². The summed E-state index contributed by atoms with van der Waals surface area (Å²) in [7, 11) is 0. The third kappa shape index (κ3) is 2.90. The molecule has 5 heteroatoms. The van der Waals surface area contributed by atoms with E-state index in [0.29, 0.717) is 11.1 Å². The monoisotopic (exact) mass is 251 g/mol. The standard InChI is InChI=1S/C11H15F2NO.ClH/c1-7-9(8(2)14)4-3-5-10(7)11(12,13)6-15;/h3-5,8,15H,6,14H2,1-2H3;1H/t8-;/m1./s1. The smallest absolute Gasteiger partial charge is 0.296 e. The van der Waals surface area contributed by atoms with Crippen LogP contribution in [0.25, 0.3) is 0 Å². The van der Waals surface area contributed by atoms with Crippen molar-refractivity contribution in [2.45, 2.75) is 25.8 Å². The number of rotatable bonds is 3. The number of hydrogen-bond acceptors (Lipinski definition) is 2. The van der Waals surface area contributed by atoms with Gasteiger partial charge in [0.05, 0.1) is 0 Å². The second kappa shape index (κ2) is 5.57. The van der Waals surface area contributed by atoms with Crippen LogP contribution in [0.1, 0.15) is 29.7 Å². The van der Waals surface area contributed by atoms with Crippen LogP contribution in [0.5, 0.6) is 0 Å². The van der Waals surface area contributed by atoms with E-state index in [1.165, 1.54) is 12.1 Å². The number of aliphatic hydroxyl groups excluding tert-OH is 1. The summed E-state index contributed by atoms with van der Waals surface area (Å²) in [5, 5.41) is 8.62. The zero-order valence-corrected chi connectivity index (χ0v) is 10.0. The molecular weight excluding hydrogens is 236 g/mol. The average molecular weight is 252 g/mol. The van der Waals surface area contributed by atoms with Gasteiger partial charge in [-0.05, 0) is 25.0 Å². The van der Waals surface area contributed by atoms with Crippen LogP contribution >= 0.6 is 12.4 Å². The number of halogens is 3. The van der Waals surface area contributed by atoms with Gasteiger partial charge in [0.15, 0.2) is 0 Å². The van der Waals surface area contributed by atoms with E-state index in [4.69, 9.17) is 10.8 Å². The summed E-state index contributed by atoms with van der Waals surface area (Å²) in [5.41, 5.74) is 6.64. The number of benzene rings is 1. The molecule has 0 saturated heterocycles. The van der Waals surface area contributed by atoms with E-state index >= 15 is 0 Å². The lowest BCUT2D eigenvalue weighted by atomic mass is 9.95. The van der Waals surface area contributed by atoms with Crippen LogP contribution in [0.3, 0.4) is 0 Å². The van der Waals surface area contributed by atoms with Gasteiger partial charge in [0.25, 0.3) is 5.92 Å². The maximum Gasteiger partial charge on any atom is 0.296 e. The summed E-state index contributed by atoms with van der Waals surface area (Å²) < 4.78 is 26.6. The molecule has 1 aromatic rings. The molecule has 2 nitrogen and oxygen atoms in total. The Labute approximate surface area is 99.9 Å². The Kier molecular flexibility index (Phi) is 5.32. The second-order valence-electron chi connectivity index (χ2n) is 3.67. The minimum atomic E-state index is -3.20. The van der Waals surface area contributed by atoms with Crippen LogP contribution in [0.4, 0.5) is 8.78 Å². The Morgan fingerprint density at radius 1 is 1.44 bits per heavy atom. The van der Waals surface area contributed by atoms with Gasteiger partial charge in [-0.3, -0.25) is 0 Å². The lowest BCUT2D eigenvalue weighted by molar-refractivity contribution is -0.0561. The van der Waals surface area contributed by atoms with Crippen molar-refractivity contribution < 1.29 is 13.9 Å². The van der Waals surface area contributed by atoms with Crippen molar-refractivity contribution in [2.24, 2.45) is 5.73 Å². The Morgan fingerprint density at radius 3 is 2.44 bits per heavy atom. The molecule has 1 aromatic carbocycles. The van der Waals surface area contributed by atoms with E-state index in [9.17, 15) is 8.78 Å². The normalized spacial score (nSPS) is 13.1. The van der Waals surface area contributed by atoms with Crippen molar-refractivity contribution in [1.82, 2.24) is 0 Å². The van der Waals surface area contributed by atoms with Crippen LogP contribution < -0.4 is 5.73 Å². The molecule has 0 fully saturated rings. The molecule has 0 aromatic heterocycles. The molecule has 16 heavy (non-hydrogen) atoms. The topological polar surface area (TPSA) is 46.2 Å². The molecule has 0 aliphatic carbocycles. The Morgan fingerprint density at radius 2 is 2.00 bits per heavy atom. The van der Waals surface area contributed by atoms with E-state index in [-0.39, 0.29) is 24.0 Å². The van der Waals surface area contributed by atoms with Crippen LogP contribution in [0, 0.1) is 6.92 Å². The fraction of sp³-hybridized carbons (Fsp3) is 0.455. The first-order valence-corrected chi connectivity index (χ1v) is 4.74. The van der Waals surface area contributed by atoms with E-state index in [1.54, 1.807) is 19.9 Å². The quantitative estimate of drug-likeness (QED) is 0.867. The molecule has 0 bridgehead atoms. The Balaban J connectivity index is 0.00000225. The molecule has 0 saturated carbocycles. The van der Waals surface area contributed by atoms with Crippen LogP contribution in [-0.2, 0) is 5.92 Å². The van der Waals surface area contributed by atoms with Crippen molar-refractivity contribution in [1.29, 1.82) is 0 Å². The summed E-state index contributed by atoms with van der Waals surface area (Å²) in [4.78, 5) is 0. The molecule has 92 valence electrons. The van der Waals surface area contributed by atoms with Crippen LogP contribution in [0.15, 0.2) is 18.2 Å². The van der Waals surface area contributed by atoms with Crippen molar-refractivity contribution in [3.8, 4) is 0 Å². The van der Waals surface area contributed by atoms with Crippen molar-refractivity contribution in [3.63, 3.8) is 0 Å². The highest BCUT2D eigenvalue weighted by molar-refractivity contribution is 5.85. The van der Waals surface area contributed by atoms with Gasteiger partial charge in [0.1, 0.15) is 6.61 Å². The van der Waals surface area contributed by atoms with Gasteiger partial charge in [-0.25, -0.2) is 0 Å². The largest absolute Gasteiger partial charge is 0.390 e. The fourth-order valence-corrected chi connectivity index (χ4v) is 1.63. The first-order valence-electron chi connectivity index (χ1n) is 4.74. The van der Waals surface area contributed by atoms with E-state index < -0.39 is 12.5 Å². The minimum Gasteiger partial charge on any atom is -0.390 e. The maximum absolute atomic E-state index is 13.3. The van der Waals surface area contributed by atoms with Crippen molar-refractivity contribution in [3.05, 3.63) is 34.9 Å². The van der Waals surface area contributed by atoms with Gasteiger partial charge in [-0.1, -0.05) is 18.2 Å².